The van der Waals surface area contributed by atoms with Gasteiger partial charge in [0.1, 0.15) is 12.1 Å². The molecule has 1 amide bonds. The first kappa shape index (κ1) is 19.2. The fraction of sp³-hybridized carbons (Fsp3) is 0.476. The molecule has 5 rings (SSSR count). The van der Waals surface area contributed by atoms with Crippen molar-refractivity contribution in [1.82, 2.24) is 14.9 Å². The van der Waals surface area contributed by atoms with E-state index in [1.807, 2.05) is 40.9 Å². The Bertz CT molecular complexity index is 925. The molecule has 2 aromatic rings. The molecular formula is C21H24ClN5OS. The standard InChI is InChI=1S/C21H24ClN5OS/c22-15-3-1-14(2-4-15)18(21(23)5-6-21)20(28)27-9-7-26(8-10-27)19-16-11-29-12-17(16)24-13-25-19/h1-4,13,18H,5-12,23H2. The predicted molar refractivity (Wildman–Crippen MR) is 116 cm³/mol. The SMILES string of the molecule is NC1(C(C(=O)N2CCN(c3ncnc4c3CSC4)CC2)c2ccc(Cl)cc2)CC1. The third-order valence-corrected chi connectivity index (χ3v) is 7.46. The van der Waals surface area contributed by atoms with Gasteiger partial charge in [-0.25, -0.2) is 9.97 Å². The maximum atomic E-state index is 13.5. The number of carbonyl (C=O) groups excluding carboxylic acids is 1. The molecule has 29 heavy (non-hydrogen) atoms. The van der Waals surface area contributed by atoms with Gasteiger partial charge in [-0.15, -0.1) is 0 Å². The molecule has 1 atom stereocenters. The van der Waals surface area contributed by atoms with Gasteiger partial charge in [-0.2, -0.15) is 11.8 Å². The van der Waals surface area contributed by atoms with Crippen LogP contribution in [0.2, 0.25) is 5.02 Å². The second-order valence-electron chi connectivity index (χ2n) is 8.15. The Morgan fingerprint density at radius 2 is 1.83 bits per heavy atom. The average molecular weight is 430 g/mol. The Morgan fingerprint density at radius 3 is 2.52 bits per heavy atom. The van der Waals surface area contributed by atoms with Gasteiger partial charge < -0.3 is 15.5 Å². The Hall–Kier alpha value is -1.83. The number of hydrogen-bond donors (Lipinski definition) is 1. The molecule has 1 saturated carbocycles. The number of benzene rings is 1. The normalized spacial score (nSPS) is 21.0. The van der Waals surface area contributed by atoms with Crippen molar-refractivity contribution in [3.05, 3.63) is 52.4 Å². The van der Waals surface area contributed by atoms with E-state index in [1.165, 1.54) is 5.56 Å². The van der Waals surface area contributed by atoms with E-state index in [0.29, 0.717) is 18.1 Å². The van der Waals surface area contributed by atoms with Crippen LogP contribution in [0.15, 0.2) is 30.6 Å². The zero-order valence-corrected chi connectivity index (χ0v) is 17.8. The third-order valence-electron chi connectivity index (χ3n) is 6.24. The van der Waals surface area contributed by atoms with Crippen molar-refractivity contribution in [3.8, 4) is 0 Å². The number of aromatic nitrogens is 2. The van der Waals surface area contributed by atoms with Gasteiger partial charge in [0.25, 0.3) is 0 Å². The molecule has 0 radical (unpaired) electrons. The van der Waals surface area contributed by atoms with Crippen LogP contribution in [0.3, 0.4) is 0 Å². The number of piperazine rings is 1. The van der Waals surface area contributed by atoms with Gasteiger partial charge in [0.2, 0.25) is 5.91 Å². The third kappa shape index (κ3) is 3.60. The summed E-state index contributed by atoms with van der Waals surface area (Å²) in [5.74, 6) is 2.81. The molecular weight excluding hydrogens is 406 g/mol. The lowest BCUT2D eigenvalue weighted by Gasteiger charge is -2.38. The molecule has 0 bridgehead atoms. The van der Waals surface area contributed by atoms with Crippen molar-refractivity contribution in [2.75, 3.05) is 31.1 Å². The van der Waals surface area contributed by atoms with Crippen molar-refractivity contribution < 1.29 is 4.79 Å². The van der Waals surface area contributed by atoms with E-state index in [4.69, 9.17) is 17.3 Å². The Labute approximate surface area is 179 Å². The molecule has 6 nitrogen and oxygen atoms in total. The van der Waals surface area contributed by atoms with E-state index in [1.54, 1.807) is 6.33 Å². The largest absolute Gasteiger partial charge is 0.353 e. The molecule has 1 aliphatic carbocycles. The highest BCUT2D eigenvalue weighted by Crippen LogP contribution is 2.46. The van der Waals surface area contributed by atoms with Crippen LogP contribution < -0.4 is 10.6 Å². The number of thioether (sulfide) groups is 1. The van der Waals surface area contributed by atoms with Crippen LogP contribution in [0.5, 0.6) is 0 Å². The highest BCUT2D eigenvalue weighted by Gasteiger charge is 2.51. The van der Waals surface area contributed by atoms with Crippen molar-refractivity contribution in [1.29, 1.82) is 0 Å². The van der Waals surface area contributed by atoms with Crippen molar-refractivity contribution in [2.45, 2.75) is 35.8 Å². The molecule has 3 heterocycles. The fourth-order valence-corrected chi connectivity index (χ4v) is 5.53. The molecule has 3 aliphatic rings. The van der Waals surface area contributed by atoms with Crippen LogP contribution in [0.4, 0.5) is 5.82 Å². The summed E-state index contributed by atoms with van der Waals surface area (Å²) in [5, 5.41) is 0.672. The van der Waals surface area contributed by atoms with E-state index in [-0.39, 0.29) is 11.8 Å². The molecule has 8 heteroatoms. The first-order valence-corrected chi connectivity index (χ1v) is 11.6. The zero-order valence-electron chi connectivity index (χ0n) is 16.2. The molecule has 0 spiro atoms. The summed E-state index contributed by atoms with van der Waals surface area (Å²) in [4.78, 5) is 26.7. The molecule has 152 valence electrons. The summed E-state index contributed by atoms with van der Waals surface area (Å²) in [6.45, 7) is 2.94. The minimum absolute atomic E-state index is 0.135. The first-order chi connectivity index (χ1) is 14.0. The van der Waals surface area contributed by atoms with Crippen LogP contribution in [0, 0.1) is 0 Å². The number of carbonyl (C=O) groups is 1. The van der Waals surface area contributed by atoms with Gasteiger partial charge in [0, 0.05) is 53.8 Å². The summed E-state index contributed by atoms with van der Waals surface area (Å²) >= 11 is 7.93. The number of nitrogens with two attached hydrogens (primary N) is 1. The van der Waals surface area contributed by atoms with Crippen LogP contribution in [0.25, 0.3) is 0 Å². The number of fused-ring (bicyclic) bond motifs is 1. The molecule has 1 unspecified atom stereocenters. The van der Waals surface area contributed by atoms with Gasteiger partial charge in [0.05, 0.1) is 11.6 Å². The lowest BCUT2D eigenvalue weighted by Crippen LogP contribution is -2.53. The number of rotatable bonds is 4. The Kier molecular flexibility index (Phi) is 4.92. The van der Waals surface area contributed by atoms with Crippen LogP contribution in [-0.2, 0) is 16.3 Å². The highest BCUT2D eigenvalue weighted by molar-refractivity contribution is 7.98. The summed E-state index contributed by atoms with van der Waals surface area (Å²) < 4.78 is 0. The van der Waals surface area contributed by atoms with Gasteiger partial charge in [-0.3, -0.25) is 4.79 Å². The lowest BCUT2D eigenvalue weighted by molar-refractivity contribution is -0.133. The smallest absolute Gasteiger partial charge is 0.232 e. The number of anilines is 1. The number of halogens is 1. The molecule has 1 aromatic carbocycles. The predicted octanol–water partition coefficient (Wildman–Crippen LogP) is 2.80. The van der Waals surface area contributed by atoms with E-state index in [2.05, 4.69) is 14.9 Å². The summed E-state index contributed by atoms with van der Waals surface area (Å²) in [6.07, 6.45) is 3.44. The van der Waals surface area contributed by atoms with Crippen molar-refractivity contribution in [3.63, 3.8) is 0 Å². The number of hydrogen-bond acceptors (Lipinski definition) is 6. The Balaban J connectivity index is 1.31. The van der Waals surface area contributed by atoms with Gasteiger partial charge in [-0.1, -0.05) is 23.7 Å². The van der Waals surface area contributed by atoms with E-state index < -0.39 is 5.54 Å². The highest BCUT2D eigenvalue weighted by atomic mass is 35.5. The van der Waals surface area contributed by atoms with Gasteiger partial charge >= 0.3 is 0 Å². The second-order valence-corrected chi connectivity index (χ2v) is 9.57. The van der Waals surface area contributed by atoms with Crippen molar-refractivity contribution >= 4 is 35.1 Å². The van der Waals surface area contributed by atoms with Gasteiger partial charge in [0.15, 0.2) is 0 Å². The lowest BCUT2D eigenvalue weighted by atomic mass is 9.88. The minimum atomic E-state index is -0.424. The van der Waals surface area contributed by atoms with E-state index in [9.17, 15) is 4.79 Å². The summed E-state index contributed by atoms with van der Waals surface area (Å²) in [7, 11) is 0. The van der Waals surface area contributed by atoms with E-state index >= 15 is 0 Å². The number of nitrogens with zero attached hydrogens (tertiary/aromatic N) is 4. The average Bonchev–Trinajstić information content (AvgIpc) is 3.28. The topological polar surface area (TPSA) is 75.4 Å². The number of amides is 1. The van der Waals surface area contributed by atoms with Crippen LogP contribution >= 0.6 is 23.4 Å². The first-order valence-electron chi connectivity index (χ1n) is 10.0. The molecule has 1 aromatic heterocycles. The monoisotopic (exact) mass is 429 g/mol. The summed E-state index contributed by atoms with van der Waals surface area (Å²) in [6, 6.07) is 7.56. The maximum Gasteiger partial charge on any atom is 0.232 e. The molecule has 2 fully saturated rings. The minimum Gasteiger partial charge on any atom is -0.353 e. The van der Waals surface area contributed by atoms with Gasteiger partial charge in [-0.05, 0) is 30.5 Å². The Morgan fingerprint density at radius 1 is 1.10 bits per heavy atom. The zero-order chi connectivity index (χ0) is 20.0. The second kappa shape index (κ2) is 7.45. The van der Waals surface area contributed by atoms with E-state index in [0.717, 1.165) is 54.5 Å². The molecule has 2 N–H and O–H groups in total. The summed E-state index contributed by atoms with van der Waals surface area (Å²) in [5.41, 5.74) is 9.49. The maximum absolute atomic E-state index is 13.5. The van der Waals surface area contributed by atoms with Crippen molar-refractivity contribution in [2.24, 2.45) is 5.73 Å². The van der Waals surface area contributed by atoms with Crippen LogP contribution in [-0.4, -0.2) is 52.5 Å². The molecule has 2 aliphatic heterocycles. The quantitative estimate of drug-likeness (QED) is 0.805. The fourth-order valence-electron chi connectivity index (χ4n) is 4.36. The molecule has 1 saturated heterocycles. The van der Waals surface area contributed by atoms with Crippen LogP contribution in [0.1, 0.15) is 35.6 Å².